The van der Waals surface area contributed by atoms with E-state index < -0.39 is 56.0 Å². The summed E-state index contributed by atoms with van der Waals surface area (Å²) in [4.78, 5) is 21.4. The maximum Gasteiger partial charge on any atom is 0.417 e. The molecule has 0 aliphatic rings. The number of pyridine rings is 1. The van der Waals surface area contributed by atoms with Gasteiger partial charge in [-0.2, -0.15) is 23.4 Å². The van der Waals surface area contributed by atoms with Crippen molar-refractivity contribution < 1.29 is 35.1 Å². The molecule has 3 aromatic heterocycles. The smallest absolute Gasteiger partial charge is 0.417 e. The zero-order chi connectivity index (χ0) is 29.4. The molecule has 0 saturated carbocycles. The second kappa shape index (κ2) is 10.8. The maximum atomic E-state index is 14.4. The lowest BCUT2D eigenvalue weighted by molar-refractivity contribution is -0.137. The molecular weight excluding hydrogens is 579 g/mol. The van der Waals surface area contributed by atoms with Crippen LogP contribution in [0.5, 0.6) is 5.88 Å². The summed E-state index contributed by atoms with van der Waals surface area (Å²) in [5, 5.41) is 8.82. The predicted molar refractivity (Wildman–Crippen MR) is 134 cm³/mol. The second-order valence-corrected chi connectivity index (χ2v) is 11.3. The minimum absolute atomic E-state index is 0.0516. The third-order valence-corrected chi connectivity index (χ3v) is 7.45. The Morgan fingerprint density at radius 2 is 1.77 bits per heavy atom. The molecule has 15 heteroatoms. The molecule has 8 nitrogen and oxygen atoms in total. The van der Waals surface area contributed by atoms with Gasteiger partial charge in [0.15, 0.2) is 0 Å². The average Bonchev–Trinajstić information content (AvgIpc) is 3.35. The number of alkyl halides is 3. The Balaban J connectivity index is 1.94. The number of ether oxygens (including phenoxy) is 1. The first-order valence-electron chi connectivity index (χ1n) is 11.2. The Bertz CT molecular complexity index is 1830. The van der Waals surface area contributed by atoms with Gasteiger partial charge in [-0.05, 0) is 31.2 Å². The second-order valence-electron chi connectivity index (χ2n) is 8.30. The fraction of sp³-hybridized carbons (Fsp3) is 0.200. The molecule has 0 N–H and O–H groups in total. The van der Waals surface area contributed by atoms with Crippen molar-refractivity contribution >= 4 is 21.2 Å². The van der Waals surface area contributed by atoms with Crippen LogP contribution >= 0.6 is 11.3 Å². The number of halogens is 5. The van der Waals surface area contributed by atoms with Crippen molar-refractivity contribution in [2.24, 2.45) is 0 Å². The lowest BCUT2D eigenvalue weighted by atomic mass is 10.1. The zero-order valence-corrected chi connectivity index (χ0v) is 22.2. The highest BCUT2D eigenvalue weighted by molar-refractivity contribution is 7.90. The van der Waals surface area contributed by atoms with Crippen LogP contribution in [0.25, 0.3) is 21.1 Å². The van der Waals surface area contributed by atoms with Crippen LogP contribution in [0.2, 0.25) is 0 Å². The Hall–Kier alpha value is -4.16. The molecule has 0 unspecified atom stereocenters. The molecule has 40 heavy (non-hydrogen) atoms. The van der Waals surface area contributed by atoms with Crippen LogP contribution in [0.3, 0.4) is 0 Å². The summed E-state index contributed by atoms with van der Waals surface area (Å²) in [5.74, 6) is -1.99. The Kier molecular flexibility index (Phi) is 7.77. The van der Waals surface area contributed by atoms with E-state index in [1.54, 1.807) is 6.92 Å². The van der Waals surface area contributed by atoms with E-state index in [-0.39, 0.29) is 39.2 Å². The number of hydrogen-bond acceptors (Lipinski definition) is 8. The van der Waals surface area contributed by atoms with Gasteiger partial charge in [0.25, 0.3) is 10.7 Å². The number of thiophene rings is 1. The first-order chi connectivity index (χ1) is 18.7. The van der Waals surface area contributed by atoms with Gasteiger partial charge in [-0.15, -0.1) is 11.3 Å². The first-order valence-corrected chi connectivity index (χ1v) is 13.9. The van der Waals surface area contributed by atoms with E-state index in [2.05, 4.69) is 9.97 Å². The summed E-state index contributed by atoms with van der Waals surface area (Å²) >= 11 is 0.854. The fourth-order valence-corrected chi connectivity index (χ4v) is 5.20. The van der Waals surface area contributed by atoms with Crippen LogP contribution in [0, 0.1) is 23.0 Å². The topological polar surface area (TPSA) is 115 Å². The third kappa shape index (κ3) is 5.87. The number of benzene rings is 1. The van der Waals surface area contributed by atoms with Gasteiger partial charge in [0.2, 0.25) is 15.7 Å². The molecule has 0 aliphatic carbocycles. The van der Waals surface area contributed by atoms with Crippen molar-refractivity contribution in [2.45, 2.75) is 24.8 Å². The van der Waals surface area contributed by atoms with Crippen molar-refractivity contribution in [1.82, 2.24) is 14.5 Å². The van der Waals surface area contributed by atoms with Gasteiger partial charge >= 0.3 is 6.18 Å². The number of sulfone groups is 1. The van der Waals surface area contributed by atoms with Gasteiger partial charge < -0.3 is 9.30 Å². The van der Waals surface area contributed by atoms with Gasteiger partial charge in [-0.3, -0.25) is 4.79 Å². The minimum Gasteiger partial charge on any atom is -0.478 e. The Morgan fingerprint density at radius 1 is 1.07 bits per heavy atom. The minimum atomic E-state index is -5.07. The van der Waals surface area contributed by atoms with Crippen LogP contribution in [-0.2, 0) is 22.6 Å². The molecule has 0 bridgehead atoms. The highest BCUT2D eigenvalue weighted by Crippen LogP contribution is 2.38. The lowest BCUT2D eigenvalue weighted by Crippen LogP contribution is -2.28. The number of nitriles is 1. The molecule has 3 heterocycles. The molecule has 0 saturated heterocycles. The maximum absolute atomic E-state index is 14.4. The molecule has 0 amide bonds. The molecule has 0 spiro atoms. The summed E-state index contributed by atoms with van der Waals surface area (Å²) in [7, 11) is -3.86. The summed E-state index contributed by atoms with van der Waals surface area (Å²) in [6.07, 6.45) is -4.17. The van der Waals surface area contributed by atoms with Gasteiger partial charge in [-0.25, -0.2) is 22.2 Å². The van der Waals surface area contributed by atoms with Gasteiger partial charge in [-0.1, -0.05) is 6.07 Å². The zero-order valence-electron chi connectivity index (χ0n) is 20.6. The summed E-state index contributed by atoms with van der Waals surface area (Å²) in [5.41, 5.74) is -4.44. The summed E-state index contributed by atoms with van der Waals surface area (Å²) in [6, 6.07) is 8.53. The van der Waals surface area contributed by atoms with E-state index >= 15 is 0 Å². The number of aromatic nitrogens is 3. The van der Waals surface area contributed by atoms with E-state index in [1.807, 2.05) is 0 Å². The quantitative estimate of drug-likeness (QED) is 0.217. The van der Waals surface area contributed by atoms with Crippen molar-refractivity contribution in [3.8, 4) is 33.1 Å². The number of hydrogen-bond donors (Lipinski definition) is 0. The van der Waals surface area contributed by atoms with E-state index in [1.165, 1.54) is 24.3 Å². The Morgan fingerprint density at radius 3 is 2.38 bits per heavy atom. The monoisotopic (exact) mass is 596 g/mol. The van der Waals surface area contributed by atoms with Gasteiger partial charge in [0, 0.05) is 24.0 Å². The van der Waals surface area contributed by atoms with Crippen LogP contribution in [0.4, 0.5) is 22.0 Å². The lowest BCUT2D eigenvalue weighted by Gasteiger charge is -2.17. The largest absolute Gasteiger partial charge is 0.478 e. The van der Waals surface area contributed by atoms with Gasteiger partial charge in [0.1, 0.15) is 23.3 Å². The standard InChI is InChI=1S/C25H17F5N4O4S2/c1-3-38-22-10-18(32-24(33-22)40(2,36)37)20-6-7-21(39-20)19-9-16(25(28,29)30)15(11-31)23(35)34(19)12-13-4-5-14(26)8-17(13)27/h4-10H,3,12H2,1-2H3. The number of nitrogens with zero attached hydrogens (tertiary/aromatic N) is 4. The van der Waals surface area contributed by atoms with Gasteiger partial charge in [0.05, 0.1) is 39.9 Å². The fourth-order valence-electron chi connectivity index (χ4n) is 3.69. The summed E-state index contributed by atoms with van der Waals surface area (Å²) < 4.78 is 99.7. The molecule has 0 aliphatic heterocycles. The molecular formula is C25H17F5N4O4S2. The first kappa shape index (κ1) is 28.8. The molecule has 4 aromatic rings. The molecule has 1 aromatic carbocycles. The van der Waals surface area contributed by atoms with Crippen molar-refractivity contribution in [1.29, 1.82) is 5.26 Å². The normalized spacial score (nSPS) is 11.8. The van der Waals surface area contributed by atoms with Crippen molar-refractivity contribution in [3.05, 3.63) is 81.1 Å². The van der Waals surface area contributed by atoms with E-state index in [0.29, 0.717) is 12.1 Å². The van der Waals surface area contributed by atoms with Crippen LogP contribution in [-0.4, -0.2) is 35.8 Å². The highest BCUT2D eigenvalue weighted by atomic mass is 32.2. The molecule has 0 radical (unpaired) electrons. The highest BCUT2D eigenvalue weighted by Gasteiger charge is 2.37. The number of rotatable bonds is 7. The van der Waals surface area contributed by atoms with Crippen LogP contribution < -0.4 is 10.3 Å². The molecule has 0 atom stereocenters. The molecule has 208 valence electrons. The summed E-state index contributed by atoms with van der Waals surface area (Å²) in [6.45, 7) is 1.20. The van der Waals surface area contributed by atoms with E-state index in [0.717, 1.165) is 34.3 Å². The molecule has 0 fully saturated rings. The molecule has 4 rings (SSSR count). The third-order valence-electron chi connectivity index (χ3n) is 5.48. The van der Waals surface area contributed by atoms with Crippen LogP contribution in [0.15, 0.2) is 52.4 Å². The predicted octanol–water partition coefficient (Wildman–Crippen LogP) is 5.05. The van der Waals surface area contributed by atoms with Crippen molar-refractivity contribution in [3.63, 3.8) is 0 Å². The SMILES string of the molecule is CCOc1cc(-c2ccc(-c3cc(C(F)(F)F)c(C#N)c(=O)n3Cc3ccc(F)cc3F)s2)nc(S(C)(=O)=O)n1. The van der Waals surface area contributed by atoms with Crippen LogP contribution in [0.1, 0.15) is 23.6 Å². The van der Waals surface area contributed by atoms with E-state index in [9.17, 15) is 40.4 Å². The van der Waals surface area contributed by atoms with Crippen molar-refractivity contribution in [2.75, 3.05) is 12.9 Å². The average molecular weight is 597 g/mol. The Labute approximate surface area is 227 Å². The van der Waals surface area contributed by atoms with E-state index in [4.69, 9.17) is 4.74 Å².